The van der Waals surface area contributed by atoms with Crippen molar-refractivity contribution in [3.8, 4) is 0 Å². The van der Waals surface area contributed by atoms with Gasteiger partial charge in [0, 0.05) is 23.3 Å². The van der Waals surface area contributed by atoms with Crippen molar-refractivity contribution < 1.29 is 23.9 Å². The average Bonchev–Trinajstić information content (AvgIpc) is 2.79. The van der Waals surface area contributed by atoms with E-state index in [-0.39, 0.29) is 22.6 Å². The molecule has 2 rings (SSSR count). The number of carbonyl (C=O) groups excluding carboxylic acids is 2. The Balaban J connectivity index is 2.51. The molecule has 0 fully saturated rings. The molecule has 1 aromatic rings. The maximum atomic E-state index is 13.1. The summed E-state index contributed by atoms with van der Waals surface area (Å²) in [5.74, 6) is -2.32. The summed E-state index contributed by atoms with van der Waals surface area (Å²) in [5.41, 5.74) is 0.437. The molecule has 1 aliphatic rings. The topological polar surface area (TPSA) is 74.7 Å². The van der Waals surface area contributed by atoms with Gasteiger partial charge < -0.3 is 10.0 Å². The summed E-state index contributed by atoms with van der Waals surface area (Å²) in [4.78, 5) is 38.4. The summed E-state index contributed by atoms with van der Waals surface area (Å²) in [7, 11) is 0. The first kappa shape index (κ1) is 19.2. The predicted molar refractivity (Wildman–Crippen MR) is 93.9 cm³/mol. The van der Waals surface area contributed by atoms with Gasteiger partial charge in [-0.1, -0.05) is 13.8 Å². The standard InChI is InChI=1S/C18H20FNO4S/c1-10(2)9-20-17(24)13(8-14(21)22)15(18(20)25-3)16(23)11-4-6-12(19)7-5-11/h4-7,10,18H,8-9H2,1-3H3,(H,21,22)/t18-/m0/s1. The second-order valence-electron chi connectivity index (χ2n) is 6.24. The molecule has 25 heavy (non-hydrogen) atoms. The molecule has 5 nitrogen and oxygen atoms in total. The van der Waals surface area contributed by atoms with E-state index < -0.39 is 35.3 Å². The van der Waals surface area contributed by atoms with Gasteiger partial charge in [-0.15, -0.1) is 11.8 Å². The van der Waals surface area contributed by atoms with Gasteiger partial charge in [0.1, 0.15) is 11.2 Å². The van der Waals surface area contributed by atoms with Crippen LogP contribution < -0.4 is 0 Å². The summed E-state index contributed by atoms with van der Waals surface area (Å²) in [6, 6.07) is 5.02. The summed E-state index contributed by atoms with van der Waals surface area (Å²) < 4.78 is 13.1. The number of aliphatic carboxylic acids is 1. The van der Waals surface area contributed by atoms with Crippen molar-refractivity contribution in [2.45, 2.75) is 25.6 Å². The molecule has 134 valence electrons. The van der Waals surface area contributed by atoms with Crippen LogP contribution in [0.2, 0.25) is 0 Å². The summed E-state index contributed by atoms with van der Waals surface area (Å²) >= 11 is 1.31. The van der Waals surface area contributed by atoms with E-state index in [0.717, 1.165) is 0 Å². The third-order valence-corrected chi connectivity index (χ3v) is 4.78. The van der Waals surface area contributed by atoms with Crippen molar-refractivity contribution in [1.29, 1.82) is 0 Å². The molecule has 1 atom stereocenters. The minimum absolute atomic E-state index is 0.0156. The molecule has 0 unspecified atom stereocenters. The molecule has 0 saturated carbocycles. The average molecular weight is 365 g/mol. The van der Waals surface area contributed by atoms with Crippen LogP contribution in [0.1, 0.15) is 30.6 Å². The quantitative estimate of drug-likeness (QED) is 0.752. The van der Waals surface area contributed by atoms with Crippen LogP contribution in [-0.4, -0.2) is 45.8 Å². The van der Waals surface area contributed by atoms with Gasteiger partial charge in [0.2, 0.25) is 0 Å². The minimum Gasteiger partial charge on any atom is -0.481 e. The Morgan fingerprint density at radius 1 is 1.28 bits per heavy atom. The third kappa shape index (κ3) is 4.10. The Bertz CT molecular complexity index is 727. The van der Waals surface area contributed by atoms with Gasteiger partial charge in [-0.3, -0.25) is 14.4 Å². The lowest BCUT2D eigenvalue weighted by Crippen LogP contribution is -2.37. The van der Waals surface area contributed by atoms with Gasteiger partial charge in [-0.25, -0.2) is 4.39 Å². The van der Waals surface area contributed by atoms with E-state index >= 15 is 0 Å². The number of thioether (sulfide) groups is 1. The normalized spacial score (nSPS) is 17.6. The van der Waals surface area contributed by atoms with Crippen LogP contribution in [0.3, 0.4) is 0 Å². The zero-order valence-corrected chi connectivity index (χ0v) is 15.1. The molecule has 0 aromatic heterocycles. The second-order valence-corrected chi connectivity index (χ2v) is 7.16. The highest BCUT2D eigenvalue weighted by atomic mass is 32.2. The monoisotopic (exact) mass is 365 g/mol. The number of Topliss-reactive ketones (excluding diaryl/α,β-unsaturated/α-hetero) is 1. The molecule has 1 aromatic carbocycles. The highest BCUT2D eigenvalue weighted by Gasteiger charge is 2.42. The van der Waals surface area contributed by atoms with Crippen molar-refractivity contribution in [3.63, 3.8) is 0 Å². The Labute approximate surface area is 149 Å². The van der Waals surface area contributed by atoms with Crippen molar-refractivity contribution in [2.24, 2.45) is 5.92 Å². The van der Waals surface area contributed by atoms with Crippen molar-refractivity contribution in [3.05, 3.63) is 46.8 Å². The van der Waals surface area contributed by atoms with Crippen molar-refractivity contribution in [2.75, 3.05) is 12.8 Å². The van der Waals surface area contributed by atoms with Gasteiger partial charge in [-0.2, -0.15) is 0 Å². The molecule has 0 radical (unpaired) electrons. The maximum Gasteiger partial charge on any atom is 0.308 e. The molecular formula is C18H20FNO4S. The minimum atomic E-state index is -1.17. The van der Waals surface area contributed by atoms with E-state index in [1.165, 1.54) is 36.0 Å². The third-order valence-electron chi connectivity index (χ3n) is 3.84. The smallest absolute Gasteiger partial charge is 0.308 e. The number of rotatable bonds is 7. The van der Waals surface area contributed by atoms with E-state index in [4.69, 9.17) is 5.11 Å². The predicted octanol–water partition coefficient (Wildman–Crippen LogP) is 2.97. The molecule has 7 heteroatoms. The number of carboxylic acids is 1. The maximum absolute atomic E-state index is 13.1. The molecular weight excluding hydrogens is 345 g/mol. The highest BCUT2D eigenvalue weighted by molar-refractivity contribution is 7.99. The van der Waals surface area contributed by atoms with Crippen LogP contribution in [0.4, 0.5) is 4.39 Å². The Morgan fingerprint density at radius 3 is 2.36 bits per heavy atom. The van der Waals surface area contributed by atoms with Crippen LogP contribution in [0.5, 0.6) is 0 Å². The van der Waals surface area contributed by atoms with Gasteiger partial charge >= 0.3 is 5.97 Å². The van der Waals surface area contributed by atoms with E-state index in [1.54, 1.807) is 11.2 Å². The summed E-state index contributed by atoms with van der Waals surface area (Å²) in [5, 5.41) is 8.61. The first-order valence-corrected chi connectivity index (χ1v) is 9.13. The van der Waals surface area contributed by atoms with E-state index in [9.17, 15) is 18.8 Å². The number of carbonyl (C=O) groups is 3. The fraction of sp³-hybridized carbons (Fsp3) is 0.389. The largest absolute Gasteiger partial charge is 0.481 e. The van der Waals surface area contributed by atoms with Crippen LogP contribution in [0, 0.1) is 11.7 Å². The lowest BCUT2D eigenvalue weighted by Gasteiger charge is -2.27. The fourth-order valence-electron chi connectivity index (χ4n) is 2.85. The van der Waals surface area contributed by atoms with Crippen molar-refractivity contribution in [1.82, 2.24) is 4.90 Å². The second kappa shape index (κ2) is 7.82. The Morgan fingerprint density at radius 2 is 1.88 bits per heavy atom. The van der Waals surface area contributed by atoms with Crippen LogP contribution in [0.25, 0.3) is 0 Å². The van der Waals surface area contributed by atoms with E-state index in [2.05, 4.69) is 0 Å². The number of carboxylic acid groups (broad SMARTS) is 1. The zero-order chi connectivity index (χ0) is 18.7. The van der Waals surface area contributed by atoms with Crippen LogP contribution in [0.15, 0.2) is 35.4 Å². The molecule has 0 spiro atoms. The Kier molecular flexibility index (Phi) is 6.00. The molecule has 0 aliphatic carbocycles. The Hall–Kier alpha value is -2.15. The van der Waals surface area contributed by atoms with Gasteiger partial charge in [0.25, 0.3) is 5.91 Å². The molecule has 1 amide bonds. The van der Waals surface area contributed by atoms with E-state index in [0.29, 0.717) is 6.54 Å². The number of hydrogen-bond donors (Lipinski definition) is 1. The SMILES string of the molecule is CS[C@H]1C(C(=O)c2ccc(F)cc2)=C(CC(=O)O)C(=O)N1CC(C)C. The van der Waals surface area contributed by atoms with Gasteiger partial charge in [0.15, 0.2) is 5.78 Å². The summed E-state index contributed by atoms with van der Waals surface area (Å²) in [6.45, 7) is 4.32. The molecule has 1 aliphatic heterocycles. The van der Waals surface area contributed by atoms with Crippen molar-refractivity contribution >= 4 is 29.4 Å². The van der Waals surface area contributed by atoms with Crippen LogP contribution in [-0.2, 0) is 9.59 Å². The van der Waals surface area contributed by atoms with E-state index in [1.807, 2.05) is 13.8 Å². The van der Waals surface area contributed by atoms with Crippen LogP contribution >= 0.6 is 11.8 Å². The molecule has 0 saturated heterocycles. The molecule has 0 bridgehead atoms. The first-order chi connectivity index (χ1) is 11.8. The lowest BCUT2D eigenvalue weighted by molar-refractivity contribution is -0.137. The van der Waals surface area contributed by atoms with Gasteiger partial charge in [0.05, 0.1) is 6.42 Å². The number of amides is 1. The zero-order valence-electron chi connectivity index (χ0n) is 14.3. The molecule has 1 N–H and O–H groups in total. The number of benzene rings is 1. The number of halogens is 1. The summed E-state index contributed by atoms with van der Waals surface area (Å²) in [6.07, 6.45) is 1.26. The number of ketones is 1. The molecule has 1 heterocycles. The lowest BCUT2D eigenvalue weighted by atomic mass is 9.98. The number of nitrogens with zero attached hydrogens (tertiary/aromatic N) is 1. The highest BCUT2D eigenvalue weighted by Crippen LogP contribution is 2.36. The fourth-order valence-corrected chi connectivity index (χ4v) is 3.77. The van der Waals surface area contributed by atoms with Gasteiger partial charge in [-0.05, 0) is 36.4 Å². The number of hydrogen-bond acceptors (Lipinski definition) is 4. The first-order valence-electron chi connectivity index (χ1n) is 7.85.